The van der Waals surface area contributed by atoms with E-state index in [-0.39, 0.29) is 18.2 Å². The third-order valence-electron chi connectivity index (χ3n) is 2.77. The number of carboxylic acids is 1. The lowest BCUT2D eigenvalue weighted by Crippen LogP contribution is -2.36. The van der Waals surface area contributed by atoms with Gasteiger partial charge in [0.15, 0.2) is 0 Å². The third kappa shape index (κ3) is 4.61. The lowest BCUT2D eigenvalue weighted by Gasteiger charge is -2.14. The van der Waals surface area contributed by atoms with Gasteiger partial charge in [-0.2, -0.15) is 0 Å². The Balaban J connectivity index is 2.20. The number of likely N-dealkylation sites (tertiary alicyclic amines) is 1. The minimum absolute atomic E-state index is 0.0397. The van der Waals surface area contributed by atoms with E-state index >= 15 is 0 Å². The van der Waals surface area contributed by atoms with Crippen molar-refractivity contribution in [2.24, 2.45) is 5.92 Å². The molecule has 0 bridgehead atoms. The van der Waals surface area contributed by atoms with Gasteiger partial charge in [0, 0.05) is 19.5 Å². The highest BCUT2D eigenvalue weighted by atomic mass is 16.4. The Hall–Kier alpha value is -1.10. The first-order valence-electron chi connectivity index (χ1n) is 5.82. The molecule has 1 heterocycles. The summed E-state index contributed by atoms with van der Waals surface area (Å²) >= 11 is 0. The van der Waals surface area contributed by atoms with Gasteiger partial charge in [0.2, 0.25) is 5.91 Å². The molecule has 0 spiro atoms. The number of carboxylic acid groups (broad SMARTS) is 1. The van der Waals surface area contributed by atoms with Gasteiger partial charge in [-0.3, -0.25) is 14.5 Å². The molecular weight excluding hydrogens is 208 g/mol. The van der Waals surface area contributed by atoms with Crippen LogP contribution in [-0.2, 0) is 9.59 Å². The van der Waals surface area contributed by atoms with E-state index in [4.69, 9.17) is 5.11 Å². The second kappa shape index (κ2) is 6.48. The molecule has 1 amide bonds. The van der Waals surface area contributed by atoms with Crippen LogP contribution in [0, 0.1) is 5.92 Å². The van der Waals surface area contributed by atoms with E-state index in [1.807, 2.05) is 11.8 Å². The van der Waals surface area contributed by atoms with Crippen LogP contribution >= 0.6 is 0 Å². The molecule has 5 nitrogen and oxygen atoms in total. The Bertz CT molecular complexity index is 256. The Kier molecular flexibility index (Phi) is 5.25. The Morgan fingerprint density at radius 1 is 1.50 bits per heavy atom. The highest BCUT2D eigenvalue weighted by Gasteiger charge is 2.25. The van der Waals surface area contributed by atoms with E-state index in [1.54, 1.807) is 0 Å². The molecule has 1 fully saturated rings. The van der Waals surface area contributed by atoms with E-state index in [9.17, 15) is 9.59 Å². The number of hydrogen-bond acceptors (Lipinski definition) is 3. The van der Waals surface area contributed by atoms with Crippen molar-refractivity contribution < 1.29 is 14.7 Å². The number of rotatable bonds is 6. The first kappa shape index (κ1) is 13.0. The summed E-state index contributed by atoms with van der Waals surface area (Å²) in [5.74, 6) is -0.503. The second-order valence-electron chi connectivity index (χ2n) is 4.34. The number of carbonyl (C=O) groups excluding carboxylic acids is 1. The van der Waals surface area contributed by atoms with Crippen molar-refractivity contribution in [3.05, 3.63) is 0 Å². The van der Waals surface area contributed by atoms with Gasteiger partial charge in [0.1, 0.15) is 0 Å². The van der Waals surface area contributed by atoms with Crippen LogP contribution in [0.2, 0.25) is 0 Å². The lowest BCUT2D eigenvalue weighted by molar-refractivity contribution is -0.138. The summed E-state index contributed by atoms with van der Waals surface area (Å²) in [6, 6.07) is 0. The predicted molar refractivity (Wildman–Crippen MR) is 60.1 cm³/mol. The number of nitrogens with zero attached hydrogens (tertiary/aromatic N) is 1. The maximum Gasteiger partial charge on any atom is 0.303 e. The SMILES string of the molecule is CCCNC(=O)CN1CCC(CC(=O)O)C1. The summed E-state index contributed by atoms with van der Waals surface area (Å²) in [7, 11) is 0. The van der Waals surface area contributed by atoms with Gasteiger partial charge in [-0.05, 0) is 25.3 Å². The van der Waals surface area contributed by atoms with Crippen molar-refractivity contribution in [3.63, 3.8) is 0 Å². The summed E-state index contributed by atoms with van der Waals surface area (Å²) in [4.78, 5) is 24.0. The van der Waals surface area contributed by atoms with Crippen LogP contribution in [0.5, 0.6) is 0 Å². The van der Waals surface area contributed by atoms with Crippen molar-refractivity contribution in [2.75, 3.05) is 26.2 Å². The quantitative estimate of drug-likeness (QED) is 0.686. The van der Waals surface area contributed by atoms with Crippen molar-refractivity contribution in [3.8, 4) is 0 Å². The lowest BCUT2D eigenvalue weighted by atomic mass is 10.1. The first-order chi connectivity index (χ1) is 7.61. The Labute approximate surface area is 95.8 Å². The van der Waals surface area contributed by atoms with Gasteiger partial charge in [-0.25, -0.2) is 0 Å². The van der Waals surface area contributed by atoms with Crippen molar-refractivity contribution in [2.45, 2.75) is 26.2 Å². The van der Waals surface area contributed by atoms with E-state index in [1.165, 1.54) is 0 Å². The maximum atomic E-state index is 11.4. The normalized spacial score (nSPS) is 20.9. The zero-order chi connectivity index (χ0) is 12.0. The first-order valence-corrected chi connectivity index (χ1v) is 5.82. The van der Waals surface area contributed by atoms with E-state index in [0.717, 1.165) is 25.9 Å². The third-order valence-corrected chi connectivity index (χ3v) is 2.77. The highest BCUT2D eigenvalue weighted by molar-refractivity contribution is 5.78. The number of carbonyl (C=O) groups is 2. The van der Waals surface area contributed by atoms with Crippen LogP contribution in [0.3, 0.4) is 0 Å². The fraction of sp³-hybridized carbons (Fsp3) is 0.818. The summed E-state index contributed by atoms with van der Waals surface area (Å²) in [6.07, 6.45) is 2.04. The minimum atomic E-state index is -0.748. The summed E-state index contributed by atoms with van der Waals surface area (Å²) in [5, 5.41) is 11.5. The van der Waals surface area contributed by atoms with Gasteiger partial charge < -0.3 is 10.4 Å². The standard InChI is InChI=1S/C11H20N2O3/c1-2-4-12-10(14)8-13-5-3-9(7-13)6-11(15)16/h9H,2-8H2,1H3,(H,12,14)(H,15,16). The molecule has 0 aromatic heterocycles. The van der Waals surface area contributed by atoms with Gasteiger partial charge in [0.05, 0.1) is 6.54 Å². The van der Waals surface area contributed by atoms with Gasteiger partial charge in [0.25, 0.3) is 0 Å². The number of hydrogen-bond donors (Lipinski definition) is 2. The number of amides is 1. The Morgan fingerprint density at radius 2 is 2.25 bits per heavy atom. The van der Waals surface area contributed by atoms with E-state index in [2.05, 4.69) is 5.32 Å². The maximum absolute atomic E-state index is 11.4. The molecule has 1 aliphatic rings. The largest absolute Gasteiger partial charge is 0.481 e. The number of aliphatic carboxylic acids is 1. The van der Waals surface area contributed by atoms with Gasteiger partial charge in [-0.15, -0.1) is 0 Å². The monoisotopic (exact) mass is 228 g/mol. The molecule has 16 heavy (non-hydrogen) atoms. The molecule has 2 N–H and O–H groups in total. The average Bonchev–Trinajstić information content (AvgIpc) is 2.61. The van der Waals surface area contributed by atoms with Crippen LogP contribution in [0.25, 0.3) is 0 Å². The molecule has 0 aromatic carbocycles. The molecule has 0 aromatic rings. The van der Waals surface area contributed by atoms with Crippen LogP contribution in [-0.4, -0.2) is 48.1 Å². The average molecular weight is 228 g/mol. The highest BCUT2D eigenvalue weighted by Crippen LogP contribution is 2.18. The number of nitrogens with one attached hydrogen (secondary N) is 1. The van der Waals surface area contributed by atoms with Crippen LogP contribution < -0.4 is 5.32 Å². The zero-order valence-electron chi connectivity index (χ0n) is 9.74. The van der Waals surface area contributed by atoms with Crippen LogP contribution in [0.15, 0.2) is 0 Å². The summed E-state index contributed by atoms with van der Waals surface area (Å²) < 4.78 is 0. The molecule has 1 unspecified atom stereocenters. The molecule has 1 rings (SSSR count). The zero-order valence-corrected chi connectivity index (χ0v) is 9.74. The summed E-state index contributed by atoms with van der Waals surface area (Å²) in [6.45, 7) is 4.68. The molecule has 5 heteroatoms. The van der Waals surface area contributed by atoms with Crippen molar-refractivity contribution in [1.82, 2.24) is 10.2 Å². The molecule has 1 atom stereocenters. The van der Waals surface area contributed by atoms with Crippen molar-refractivity contribution in [1.29, 1.82) is 0 Å². The van der Waals surface area contributed by atoms with E-state index < -0.39 is 5.97 Å². The molecule has 0 radical (unpaired) electrons. The van der Waals surface area contributed by atoms with Crippen molar-refractivity contribution >= 4 is 11.9 Å². The van der Waals surface area contributed by atoms with Crippen LogP contribution in [0.1, 0.15) is 26.2 Å². The second-order valence-corrected chi connectivity index (χ2v) is 4.34. The van der Waals surface area contributed by atoms with Crippen LogP contribution in [0.4, 0.5) is 0 Å². The molecule has 1 aliphatic heterocycles. The molecule has 0 aliphatic carbocycles. The fourth-order valence-electron chi connectivity index (χ4n) is 1.99. The molecule has 92 valence electrons. The minimum Gasteiger partial charge on any atom is -0.481 e. The molecule has 1 saturated heterocycles. The predicted octanol–water partition coefficient (Wildman–Crippen LogP) is 0.309. The smallest absolute Gasteiger partial charge is 0.303 e. The van der Waals surface area contributed by atoms with Gasteiger partial charge >= 0.3 is 5.97 Å². The molecule has 0 saturated carbocycles. The van der Waals surface area contributed by atoms with Gasteiger partial charge in [-0.1, -0.05) is 6.92 Å². The summed E-state index contributed by atoms with van der Waals surface area (Å²) in [5.41, 5.74) is 0. The molecular formula is C11H20N2O3. The fourth-order valence-corrected chi connectivity index (χ4v) is 1.99. The van der Waals surface area contributed by atoms with E-state index in [0.29, 0.717) is 13.1 Å². The Morgan fingerprint density at radius 3 is 2.88 bits per heavy atom. The topological polar surface area (TPSA) is 69.6 Å².